The zero-order valence-corrected chi connectivity index (χ0v) is 18.9. The van der Waals surface area contributed by atoms with Gasteiger partial charge in [-0.05, 0) is 49.8 Å². The molecule has 6 nitrogen and oxygen atoms in total. The molecular formula is C24H29N5OS. The molecule has 7 heteroatoms. The molecule has 1 fully saturated rings. The molecule has 2 aromatic carbocycles. The Morgan fingerprint density at radius 1 is 1.10 bits per heavy atom. The van der Waals surface area contributed by atoms with Crippen molar-refractivity contribution >= 4 is 28.4 Å². The fourth-order valence-corrected chi connectivity index (χ4v) is 4.52. The third-order valence-electron chi connectivity index (χ3n) is 5.77. The molecular weight excluding hydrogens is 406 g/mol. The first kappa shape index (κ1) is 21.3. The second-order valence-electron chi connectivity index (χ2n) is 8.24. The van der Waals surface area contributed by atoms with Gasteiger partial charge in [0.05, 0.1) is 0 Å². The minimum atomic E-state index is -0.137. The number of amides is 2. The zero-order valence-electron chi connectivity index (χ0n) is 18.1. The third kappa shape index (κ3) is 5.82. The number of rotatable bonds is 6. The number of aromatic nitrogens is 2. The summed E-state index contributed by atoms with van der Waals surface area (Å²) in [4.78, 5) is 19.3. The first-order chi connectivity index (χ1) is 15.1. The minimum Gasteiger partial charge on any atom is -0.347 e. The molecule has 1 aliphatic rings. The lowest BCUT2D eigenvalue weighted by Gasteiger charge is -2.31. The third-order valence-corrected chi connectivity index (χ3v) is 6.58. The molecule has 0 spiro atoms. The Labute approximate surface area is 187 Å². The van der Waals surface area contributed by atoms with Crippen LogP contribution in [0, 0.1) is 19.8 Å². The van der Waals surface area contributed by atoms with Crippen LogP contribution in [0.2, 0.25) is 0 Å². The van der Waals surface area contributed by atoms with Crippen LogP contribution in [0.5, 0.6) is 0 Å². The molecule has 0 saturated carbocycles. The number of carbonyl (C=O) groups excluding carboxylic acids is 1. The number of para-hydroxylation sites is 1. The zero-order chi connectivity index (χ0) is 21.6. The first-order valence-corrected chi connectivity index (χ1v) is 11.6. The highest BCUT2D eigenvalue weighted by Gasteiger charge is 2.22. The molecule has 1 aromatic heterocycles. The smallest absolute Gasteiger partial charge is 0.319 e. The van der Waals surface area contributed by atoms with Crippen LogP contribution in [0.15, 0.2) is 48.5 Å². The number of benzene rings is 2. The molecule has 2 heterocycles. The van der Waals surface area contributed by atoms with Crippen LogP contribution in [0.25, 0.3) is 0 Å². The second-order valence-corrected chi connectivity index (χ2v) is 8.97. The Hall–Kier alpha value is -2.93. The predicted octanol–water partition coefficient (Wildman–Crippen LogP) is 4.78. The SMILES string of the molecule is Cc1ccc(Cc2nsc(N3CCC(CNC(=O)Nc4ccccc4C)CC3)n2)cc1. The van der Waals surface area contributed by atoms with Crippen molar-refractivity contribution in [2.75, 3.05) is 29.9 Å². The van der Waals surface area contributed by atoms with Gasteiger partial charge in [-0.1, -0.05) is 48.0 Å². The van der Waals surface area contributed by atoms with Crippen LogP contribution in [0.3, 0.4) is 0 Å². The van der Waals surface area contributed by atoms with E-state index in [2.05, 4.69) is 51.1 Å². The molecule has 1 aliphatic heterocycles. The highest BCUT2D eigenvalue weighted by atomic mass is 32.1. The van der Waals surface area contributed by atoms with Crippen molar-refractivity contribution in [3.63, 3.8) is 0 Å². The molecule has 31 heavy (non-hydrogen) atoms. The Bertz CT molecular complexity index is 1010. The van der Waals surface area contributed by atoms with Gasteiger partial charge in [-0.3, -0.25) is 0 Å². The largest absolute Gasteiger partial charge is 0.347 e. The van der Waals surface area contributed by atoms with Gasteiger partial charge in [-0.15, -0.1) is 0 Å². The summed E-state index contributed by atoms with van der Waals surface area (Å²) >= 11 is 1.49. The Balaban J connectivity index is 1.22. The van der Waals surface area contributed by atoms with E-state index < -0.39 is 0 Å². The van der Waals surface area contributed by atoms with Crippen LogP contribution in [-0.2, 0) is 6.42 Å². The molecule has 3 aromatic rings. The van der Waals surface area contributed by atoms with Crippen molar-refractivity contribution in [2.24, 2.45) is 5.92 Å². The number of carbonyl (C=O) groups is 1. The van der Waals surface area contributed by atoms with Gasteiger partial charge in [0, 0.05) is 43.3 Å². The number of piperidine rings is 1. The van der Waals surface area contributed by atoms with E-state index in [-0.39, 0.29) is 6.03 Å². The molecule has 0 bridgehead atoms. The molecule has 2 amide bonds. The van der Waals surface area contributed by atoms with Gasteiger partial charge >= 0.3 is 6.03 Å². The summed E-state index contributed by atoms with van der Waals surface area (Å²) in [7, 11) is 0. The Morgan fingerprint density at radius 3 is 2.58 bits per heavy atom. The summed E-state index contributed by atoms with van der Waals surface area (Å²) in [5, 5.41) is 6.96. The maximum atomic E-state index is 12.2. The van der Waals surface area contributed by atoms with Gasteiger partial charge in [0.1, 0.15) is 5.82 Å². The normalized spacial score (nSPS) is 14.5. The quantitative estimate of drug-likeness (QED) is 0.584. The van der Waals surface area contributed by atoms with E-state index in [4.69, 9.17) is 4.98 Å². The number of anilines is 2. The van der Waals surface area contributed by atoms with E-state index in [0.717, 1.165) is 54.6 Å². The lowest BCUT2D eigenvalue weighted by molar-refractivity contribution is 0.248. The minimum absolute atomic E-state index is 0.137. The molecule has 0 radical (unpaired) electrons. The van der Waals surface area contributed by atoms with E-state index in [1.54, 1.807) is 0 Å². The molecule has 1 saturated heterocycles. The topological polar surface area (TPSA) is 70.2 Å². The molecule has 162 valence electrons. The van der Waals surface area contributed by atoms with Crippen molar-refractivity contribution in [1.82, 2.24) is 14.7 Å². The van der Waals surface area contributed by atoms with Crippen molar-refractivity contribution in [1.29, 1.82) is 0 Å². The Kier molecular flexibility index (Phi) is 6.82. The van der Waals surface area contributed by atoms with Crippen molar-refractivity contribution in [3.05, 3.63) is 71.0 Å². The number of hydrogen-bond acceptors (Lipinski definition) is 5. The van der Waals surface area contributed by atoms with E-state index in [9.17, 15) is 4.79 Å². The highest BCUT2D eigenvalue weighted by molar-refractivity contribution is 7.09. The van der Waals surface area contributed by atoms with Gasteiger partial charge < -0.3 is 15.5 Å². The van der Waals surface area contributed by atoms with Crippen LogP contribution in [0.1, 0.15) is 35.4 Å². The van der Waals surface area contributed by atoms with E-state index >= 15 is 0 Å². The number of hydrogen-bond donors (Lipinski definition) is 2. The van der Waals surface area contributed by atoms with E-state index in [1.807, 2.05) is 31.2 Å². The van der Waals surface area contributed by atoms with Gasteiger partial charge in [0.15, 0.2) is 0 Å². The Morgan fingerprint density at radius 2 is 1.84 bits per heavy atom. The lowest BCUT2D eigenvalue weighted by atomic mass is 9.97. The number of nitrogens with one attached hydrogen (secondary N) is 2. The predicted molar refractivity (Wildman–Crippen MR) is 127 cm³/mol. The number of nitrogens with zero attached hydrogens (tertiary/aromatic N) is 3. The molecule has 0 atom stereocenters. The van der Waals surface area contributed by atoms with Crippen molar-refractivity contribution in [2.45, 2.75) is 33.1 Å². The van der Waals surface area contributed by atoms with Gasteiger partial charge in [-0.25, -0.2) is 9.78 Å². The van der Waals surface area contributed by atoms with Crippen LogP contribution in [-0.4, -0.2) is 35.0 Å². The average Bonchev–Trinajstić information content (AvgIpc) is 3.24. The highest BCUT2D eigenvalue weighted by Crippen LogP contribution is 2.25. The van der Waals surface area contributed by atoms with Gasteiger partial charge in [0.2, 0.25) is 5.13 Å². The summed E-state index contributed by atoms with van der Waals surface area (Å²) < 4.78 is 4.56. The summed E-state index contributed by atoms with van der Waals surface area (Å²) in [6, 6.07) is 16.2. The molecule has 2 N–H and O–H groups in total. The van der Waals surface area contributed by atoms with Crippen molar-refractivity contribution < 1.29 is 4.79 Å². The van der Waals surface area contributed by atoms with Crippen LogP contribution >= 0.6 is 11.5 Å². The van der Waals surface area contributed by atoms with Crippen molar-refractivity contribution in [3.8, 4) is 0 Å². The van der Waals surface area contributed by atoms with Crippen LogP contribution < -0.4 is 15.5 Å². The molecule has 4 rings (SSSR count). The standard InChI is InChI=1S/C24H29N5OS/c1-17-7-9-19(10-8-17)15-22-27-24(31-28-22)29-13-11-20(12-14-29)16-25-23(30)26-21-6-4-3-5-18(21)2/h3-10,20H,11-16H2,1-2H3,(H2,25,26,30). The van der Waals surface area contributed by atoms with E-state index in [1.165, 1.54) is 22.7 Å². The van der Waals surface area contributed by atoms with Gasteiger partial charge in [-0.2, -0.15) is 4.37 Å². The maximum Gasteiger partial charge on any atom is 0.319 e. The summed E-state index contributed by atoms with van der Waals surface area (Å²) in [6.07, 6.45) is 2.85. The first-order valence-electron chi connectivity index (χ1n) is 10.8. The fourth-order valence-electron chi connectivity index (χ4n) is 3.78. The van der Waals surface area contributed by atoms with E-state index in [0.29, 0.717) is 12.5 Å². The number of aryl methyl sites for hydroxylation is 2. The van der Waals surface area contributed by atoms with Gasteiger partial charge in [0.25, 0.3) is 0 Å². The monoisotopic (exact) mass is 435 g/mol. The summed E-state index contributed by atoms with van der Waals surface area (Å²) in [5.74, 6) is 1.37. The maximum absolute atomic E-state index is 12.2. The lowest BCUT2D eigenvalue weighted by Crippen LogP contribution is -2.39. The molecule has 0 aliphatic carbocycles. The second kappa shape index (κ2) is 9.92. The molecule has 0 unspecified atom stereocenters. The number of urea groups is 1. The summed E-state index contributed by atoms with van der Waals surface area (Å²) in [5.41, 5.74) is 4.42. The van der Waals surface area contributed by atoms with Crippen LogP contribution in [0.4, 0.5) is 15.6 Å². The fraction of sp³-hybridized carbons (Fsp3) is 0.375. The summed E-state index contributed by atoms with van der Waals surface area (Å²) in [6.45, 7) is 6.68. The average molecular weight is 436 g/mol.